The zero-order chi connectivity index (χ0) is 32.6. The number of nitrogens with one attached hydrogen (secondary N) is 2. The smallest absolute Gasteiger partial charge is 0.247 e. The number of anilines is 6. The van der Waals surface area contributed by atoms with Crippen LogP contribution in [0, 0.1) is 0 Å². The Balaban J connectivity index is 1.51. The second kappa shape index (κ2) is 14.6. The van der Waals surface area contributed by atoms with Crippen molar-refractivity contribution in [2.45, 2.75) is 19.4 Å². The fourth-order valence-corrected chi connectivity index (χ4v) is 5.12. The van der Waals surface area contributed by atoms with Crippen LogP contribution in [0.4, 0.5) is 34.5 Å². The van der Waals surface area contributed by atoms with Crippen LogP contribution in [0.1, 0.15) is 11.1 Å². The lowest BCUT2D eigenvalue weighted by Crippen LogP contribution is -2.52. The van der Waals surface area contributed by atoms with E-state index in [2.05, 4.69) is 22.2 Å². The molecule has 0 bridgehead atoms. The maximum Gasteiger partial charge on any atom is 0.247 e. The monoisotopic (exact) mass is 625 g/mol. The van der Waals surface area contributed by atoms with Crippen LogP contribution in [0.5, 0.6) is 11.5 Å². The minimum absolute atomic E-state index is 0.301. The Bertz CT molecular complexity index is 1650. The molecule has 1 atom stereocenters. The van der Waals surface area contributed by atoms with Crippen LogP contribution in [0.25, 0.3) is 0 Å². The molecular weight excluding hydrogens is 586 g/mol. The highest BCUT2D eigenvalue weighted by atomic mass is 16.5. The summed E-state index contributed by atoms with van der Waals surface area (Å²) in [5.41, 5.74) is 4.53. The molecule has 0 fully saturated rings. The summed E-state index contributed by atoms with van der Waals surface area (Å²) in [6.45, 7) is 5.53. The van der Waals surface area contributed by atoms with E-state index in [1.807, 2.05) is 82.4 Å². The van der Waals surface area contributed by atoms with Gasteiger partial charge in [-0.1, -0.05) is 36.9 Å². The number of hydrogen-bond donors (Lipinski definition) is 3. The van der Waals surface area contributed by atoms with Crippen molar-refractivity contribution >= 4 is 40.4 Å². The van der Waals surface area contributed by atoms with Gasteiger partial charge in [0.05, 0.1) is 38.7 Å². The summed E-state index contributed by atoms with van der Waals surface area (Å²) in [6.07, 6.45) is 1.89. The van der Waals surface area contributed by atoms with Gasteiger partial charge in [0.1, 0.15) is 17.3 Å². The molecule has 5 rings (SSSR count). The van der Waals surface area contributed by atoms with E-state index in [4.69, 9.17) is 19.2 Å². The van der Waals surface area contributed by atoms with Crippen molar-refractivity contribution in [1.82, 2.24) is 9.97 Å². The number of ether oxygens (including phenoxy) is 3. The van der Waals surface area contributed by atoms with Crippen molar-refractivity contribution in [3.8, 4) is 11.5 Å². The van der Waals surface area contributed by atoms with E-state index >= 15 is 0 Å². The number of rotatable bonds is 13. The van der Waals surface area contributed by atoms with Crippen molar-refractivity contribution < 1.29 is 24.1 Å². The first kappa shape index (κ1) is 32.1. The molecule has 12 heteroatoms. The number of likely N-dealkylation sites (N-methyl/N-ethyl adjacent to an activating group) is 1. The summed E-state index contributed by atoms with van der Waals surface area (Å²) < 4.78 is 16.2. The standard InChI is InChI=1S/C34H39N7O5/c1-6-31(42)36-30-18-25(39(2)14-15-44-3)12-13-29(30)37-33-35-20-24-22-40(26-16-27(45-4)19-28(17-26)46-5)34(43)41(32(24)38-33)21-23-10-8-7-9-11-23/h6-13,16-20,34,43H,1,14-15,21-22H2,2-5H3,(H,36,42)(H,35,37,38). The maximum absolute atomic E-state index is 12.3. The van der Waals surface area contributed by atoms with Crippen LogP contribution in [-0.4, -0.2) is 68.9 Å². The number of fused-ring (bicyclic) bond motifs is 1. The molecule has 4 aromatic rings. The summed E-state index contributed by atoms with van der Waals surface area (Å²) in [5.74, 6) is 1.74. The Morgan fingerprint density at radius 1 is 1.07 bits per heavy atom. The van der Waals surface area contributed by atoms with Gasteiger partial charge in [0.25, 0.3) is 0 Å². The van der Waals surface area contributed by atoms with Gasteiger partial charge in [-0.05, 0) is 29.8 Å². The maximum atomic E-state index is 12.3. The number of hydrogen-bond acceptors (Lipinski definition) is 11. The molecule has 1 amide bonds. The van der Waals surface area contributed by atoms with Gasteiger partial charge in [0, 0.05) is 68.6 Å². The van der Waals surface area contributed by atoms with Gasteiger partial charge in [0.2, 0.25) is 18.2 Å². The number of amides is 1. The number of nitrogens with zero attached hydrogens (tertiary/aromatic N) is 5. The zero-order valence-electron chi connectivity index (χ0n) is 26.4. The number of carbonyl (C=O) groups is 1. The van der Waals surface area contributed by atoms with E-state index in [-0.39, 0.29) is 5.91 Å². The summed E-state index contributed by atoms with van der Waals surface area (Å²) in [6, 6.07) is 21.0. The van der Waals surface area contributed by atoms with Crippen LogP contribution in [0.2, 0.25) is 0 Å². The summed E-state index contributed by atoms with van der Waals surface area (Å²) in [5, 5.41) is 18.0. The predicted molar refractivity (Wildman–Crippen MR) is 180 cm³/mol. The minimum atomic E-state index is -1.07. The second-order valence-electron chi connectivity index (χ2n) is 10.7. The molecule has 0 radical (unpaired) electrons. The SMILES string of the molecule is C=CC(=O)Nc1cc(N(C)CCOC)ccc1Nc1ncc2c(n1)N(Cc1ccccc1)C(O)N(c1cc(OC)cc(OC)c1)C2. The third-order valence-corrected chi connectivity index (χ3v) is 7.64. The number of methoxy groups -OCH3 is 3. The molecule has 1 unspecified atom stereocenters. The molecule has 0 saturated heterocycles. The number of aliphatic hydroxyl groups is 1. The van der Waals surface area contributed by atoms with E-state index in [1.54, 1.807) is 33.6 Å². The quantitative estimate of drug-likeness (QED) is 0.178. The number of aromatic nitrogens is 2. The predicted octanol–water partition coefficient (Wildman–Crippen LogP) is 4.75. The average Bonchev–Trinajstić information content (AvgIpc) is 3.09. The summed E-state index contributed by atoms with van der Waals surface area (Å²) in [7, 11) is 6.78. The zero-order valence-corrected chi connectivity index (χ0v) is 26.4. The molecule has 2 heterocycles. The van der Waals surface area contributed by atoms with Crippen LogP contribution in [0.15, 0.2) is 85.6 Å². The lowest BCUT2D eigenvalue weighted by atomic mass is 10.1. The van der Waals surface area contributed by atoms with E-state index in [9.17, 15) is 9.90 Å². The van der Waals surface area contributed by atoms with Crippen molar-refractivity contribution in [1.29, 1.82) is 0 Å². The molecule has 12 nitrogen and oxygen atoms in total. The van der Waals surface area contributed by atoms with Crippen LogP contribution < -0.4 is 34.8 Å². The molecule has 1 aliphatic heterocycles. The second-order valence-corrected chi connectivity index (χ2v) is 10.7. The molecule has 240 valence electrons. The van der Waals surface area contributed by atoms with Gasteiger partial charge in [-0.3, -0.25) is 4.79 Å². The van der Waals surface area contributed by atoms with Crippen LogP contribution in [0.3, 0.4) is 0 Å². The molecule has 1 aliphatic rings. The lowest BCUT2D eigenvalue weighted by molar-refractivity contribution is -0.111. The Kier molecular flexibility index (Phi) is 10.2. The van der Waals surface area contributed by atoms with Gasteiger partial charge >= 0.3 is 0 Å². The average molecular weight is 626 g/mol. The van der Waals surface area contributed by atoms with Crippen molar-refractivity contribution in [2.24, 2.45) is 0 Å². The van der Waals surface area contributed by atoms with Gasteiger partial charge in [-0.25, -0.2) is 4.98 Å². The molecule has 0 saturated carbocycles. The number of benzene rings is 3. The van der Waals surface area contributed by atoms with Gasteiger partial charge in [-0.2, -0.15) is 4.98 Å². The van der Waals surface area contributed by atoms with Crippen molar-refractivity contribution in [2.75, 3.05) is 66.9 Å². The summed E-state index contributed by atoms with van der Waals surface area (Å²) >= 11 is 0. The molecular formula is C34H39N7O5. The Morgan fingerprint density at radius 2 is 1.80 bits per heavy atom. The molecule has 46 heavy (non-hydrogen) atoms. The minimum Gasteiger partial charge on any atom is -0.497 e. The largest absolute Gasteiger partial charge is 0.497 e. The normalized spacial score (nSPS) is 13.9. The third-order valence-electron chi connectivity index (χ3n) is 7.64. The highest BCUT2D eigenvalue weighted by molar-refractivity contribution is 6.02. The molecule has 1 aromatic heterocycles. The first-order valence-corrected chi connectivity index (χ1v) is 14.7. The molecule has 3 N–H and O–H groups in total. The van der Waals surface area contributed by atoms with Crippen LogP contribution >= 0.6 is 0 Å². The fraction of sp³-hybridized carbons (Fsp3) is 0.265. The van der Waals surface area contributed by atoms with Crippen molar-refractivity contribution in [3.05, 3.63) is 96.7 Å². The van der Waals surface area contributed by atoms with Crippen LogP contribution in [-0.2, 0) is 22.6 Å². The van der Waals surface area contributed by atoms with Gasteiger partial charge in [0.15, 0.2) is 0 Å². The topological polar surface area (TPSA) is 125 Å². The fourth-order valence-electron chi connectivity index (χ4n) is 5.12. The first-order chi connectivity index (χ1) is 22.3. The lowest BCUT2D eigenvalue weighted by Gasteiger charge is -2.43. The van der Waals surface area contributed by atoms with E-state index in [0.29, 0.717) is 66.6 Å². The van der Waals surface area contributed by atoms with Crippen molar-refractivity contribution in [3.63, 3.8) is 0 Å². The number of carbonyl (C=O) groups excluding carboxylic acids is 1. The van der Waals surface area contributed by atoms with Gasteiger partial charge in [-0.15, -0.1) is 0 Å². The number of aliphatic hydroxyl groups excluding tert-OH is 1. The molecule has 0 spiro atoms. The van der Waals surface area contributed by atoms with E-state index in [0.717, 1.165) is 16.8 Å². The Labute approximate surface area is 268 Å². The highest BCUT2D eigenvalue weighted by Crippen LogP contribution is 2.37. The van der Waals surface area contributed by atoms with Gasteiger partial charge < -0.3 is 44.7 Å². The Morgan fingerprint density at radius 3 is 2.48 bits per heavy atom. The summed E-state index contributed by atoms with van der Waals surface area (Å²) in [4.78, 5) is 27.5. The van der Waals surface area contributed by atoms with E-state index < -0.39 is 6.35 Å². The Hall–Kier alpha value is -5.33. The molecule has 3 aromatic carbocycles. The third kappa shape index (κ3) is 7.31. The molecule has 0 aliphatic carbocycles. The highest BCUT2D eigenvalue weighted by Gasteiger charge is 2.34. The first-order valence-electron chi connectivity index (χ1n) is 14.7. The van der Waals surface area contributed by atoms with E-state index in [1.165, 1.54) is 6.08 Å².